The van der Waals surface area contributed by atoms with Gasteiger partial charge in [0.05, 0.1) is 0 Å². The van der Waals surface area contributed by atoms with Gasteiger partial charge in [0.1, 0.15) is 0 Å². The van der Waals surface area contributed by atoms with Crippen molar-refractivity contribution in [1.29, 1.82) is 0 Å². The highest BCUT2D eigenvalue weighted by Gasteiger charge is 1.92. The molecule has 0 atom stereocenters. The molecule has 0 radical (unpaired) electrons. The molecule has 1 rings (SSSR count). The van der Waals surface area contributed by atoms with Gasteiger partial charge in [0.2, 0.25) is 0 Å². The summed E-state index contributed by atoms with van der Waals surface area (Å²) in [5, 5.41) is 0.797. The van der Waals surface area contributed by atoms with Crippen molar-refractivity contribution in [3.63, 3.8) is 0 Å². The molecule has 80 valence electrons. The van der Waals surface area contributed by atoms with Crippen LogP contribution in [0.4, 0.5) is 0 Å². The topological polar surface area (TPSA) is 9.23 Å². The molecule has 0 saturated heterocycles. The number of methoxy groups -OCH3 is 1. The molecule has 0 aromatic heterocycles. The smallest absolute Gasteiger partial charge is 0.0465 e. The summed E-state index contributed by atoms with van der Waals surface area (Å²) in [6.45, 7) is 4.82. The Kier molecular flexibility index (Phi) is 8.70. The summed E-state index contributed by atoms with van der Waals surface area (Å²) in [6.07, 6.45) is 2.13. The zero-order valence-electron chi connectivity index (χ0n) is 9.22. The molecule has 1 aromatic carbocycles. The fourth-order valence-electron chi connectivity index (χ4n) is 1.07. The average molecular weight is 215 g/mol. The number of benzene rings is 1. The predicted octanol–water partition coefficient (Wildman–Crippen LogP) is 3.95. The van der Waals surface area contributed by atoms with E-state index in [-0.39, 0.29) is 0 Å². The monoisotopic (exact) mass is 214 g/mol. The number of hydrogen-bond acceptors (Lipinski definition) is 1. The second kappa shape index (κ2) is 9.04. The SMILES string of the molecule is CC.COCCCc1ccc(Cl)cc1. The summed E-state index contributed by atoms with van der Waals surface area (Å²) in [4.78, 5) is 0. The molecule has 0 heterocycles. The Labute approximate surface area is 92.0 Å². The molecule has 0 amide bonds. The molecule has 1 nitrogen and oxygen atoms in total. The molecule has 0 spiro atoms. The first-order valence-electron chi connectivity index (χ1n) is 5.06. The molecule has 0 bridgehead atoms. The Balaban J connectivity index is 0.000000791. The maximum Gasteiger partial charge on any atom is 0.0465 e. The average Bonchev–Trinajstić information content (AvgIpc) is 2.24. The first-order valence-corrected chi connectivity index (χ1v) is 5.44. The van der Waals surface area contributed by atoms with E-state index < -0.39 is 0 Å². The Morgan fingerprint density at radius 3 is 2.21 bits per heavy atom. The highest BCUT2D eigenvalue weighted by atomic mass is 35.5. The molecule has 14 heavy (non-hydrogen) atoms. The number of halogens is 1. The van der Waals surface area contributed by atoms with Gasteiger partial charge in [-0.3, -0.25) is 0 Å². The zero-order valence-corrected chi connectivity index (χ0v) is 9.97. The third-order valence-electron chi connectivity index (χ3n) is 1.73. The summed E-state index contributed by atoms with van der Waals surface area (Å²) in [7, 11) is 1.72. The van der Waals surface area contributed by atoms with Crippen LogP contribution in [0.1, 0.15) is 25.8 Å². The molecule has 0 aliphatic rings. The van der Waals surface area contributed by atoms with E-state index in [1.165, 1.54) is 5.56 Å². The lowest BCUT2D eigenvalue weighted by Gasteiger charge is -2.00. The van der Waals surface area contributed by atoms with Gasteiger partial charge in [0.15, 0.2) is 0 Å². The fraction of sp³-hybridized carbons (Fsp3) is 0.500. The summed E-state index contributed by atoms with van der Waals surface area (Å²) >= 11 is 5.75. The summed E-state index contributed by atoms with van der Waals surface area (Å²) in [5.41, 5.74) is 1.32. The maximum atomic E-state index is 5.75. The van der Waals surface area contributed by atoms with Gasteiger partial charge in [0.25, 0.3) is 0 Å². The molecule has 2 heteroatoms. The van der Waals surface area contributed by atoms with E-state index in [4.69, 9.17) is 16.3 Å². The van der Waals surface area contributed by atoms with Crippen LogP contribution in [0.25, 0.3) is 0 Å². The first kappa shape index (κ1) is 13.5. The first-order chi connectivity index (χ1) is 6.83. The Morgan fingerprint density at radius 2 is 1.71 bits per heavy atom. The van der Waals surface area contributed by atoms with E-state index in [1.807, 2.05) is 26.0 Å². The lowest BCUT2D eigenvalue weighted by atomic mass is 10.1. The van der Waals surface area contributed by atoms with Crippen molar-refractivity contribution in [3.05, 3.63) is 34.9 Å². The van der Waals surface area contributed by atoms with Crippen LogP contribution in [0.5, 0.6) is 0 Å². The highest BCUT2D eigenvalue weighted by Crippen LogP contribution is 2.10. The van der Waals surface area contributed by atoms with Gasteiger partial charge in [-0.15, -0.1) is 0 Å². The van der Waals surface area contributed by atoms with Crippen LogP contribution in [0.15, 0.2) is 24.3 Å². The summed E-state index contributed by atoms with van der Waals surface area (Å²) < 4.78 is 4.96. The van der Waals surface area contributed by atoms with Crippen molar-refractivity contribution in [2.45, 2.75) is 26.7 Å². The predicted molar refractivity (Wildman–Crippen MR) is 63.0 cm³/mol. The van der Waals surface area contributed by atoms with Gasteiger partial charge >= 0.3 is 0 Å². The summed E-state index contributed by atoms with van der Waals surface area (Å²) in [5.74, 6) is 0. The lowest BCUT2D eigenvalue weighted by Crippen LogP contribution is -1.91. The van der Waals surface area contributed by atoms with E-state index in [2.05, 4.69) is 12.1 Å². The van der Waals surface area contributed by atoms with E-state index in [0.717, 1.165) is 24.5 Å². The van der Waals surface area contributed by atoms with Crippen molar-refractivity contribution in [2.75, 3.05) is 13.7 Å². The Bertz CT molecular complexity index is 218. The van der Waals surface area contributed by atoms with Crippen LogP contribution >= 0.6 is 11.6 Å². The molecule has 0 aliphatic heterocycles. The minimum absolute atomic E-state index is 0.797. The van der Waals surface area contributed by atoms with Crippen molar-refractivity contribution in [2.24, 2.45) is 0 Å². The molecule has 0 saturated carbocycles. The third kappa shape index (κ3) is 6.01. The van der Waals surface area contributed by atoms with E-state index in [0.29, 0.717) is 0 Å². The minimum Gasteiger partial charge on any atom is -0.385 e. The van der Waals surface area contributed by atoms with Crippen molar-refractivity contribution in [1.82, 2.24) is 0 Å². The van der Waals surface area contributed by atoms with Crippen LogP contribution in [0.2, 0.25) is 5.02 Å². The quantitative estimate of drug-likeness (QED) is 0.690. The Morgan fingerprint density at radius 1 is 1.14 bits per heavy atom. The number of aryl methyl sites for hydroxylation is 1. The molecule has 1 aromatic rings. The summed E-state index contributed by atoms with van der Waals surface area (Å²) in [6, 6.07) is 7.95. The molecule has 0 N–H and O–H groups in total. The Hall–Kier alpha value is -0.530. The molecule has 0 aliphatic carbocycles. The second-order valence-electron chi connectivity index (χ2n) is 2.72. The highest BCUT2D eigenvalue weighted by molar-refractivity contribution is 6.30. The van der Waals surface area contributed by atoms with E-state index in [9.17, 15) is 0 Å². The molecule has 0 unspecified atom stereocenters. The van der Waals surface area contributed by atoms with Gasteiger partial charge in [-0.1, -0.05) is 37.6 Å². The standard InChI is InChI=1S/C10H13ClO.C2H6/c1-12-8-2-3-9-4-6-10(11)7-5-9;1-2/h4-7H,2-3,8H2,1H3;1-2H3. The van der Waals surface area contributed by atoms with Crippen molar-refractivity contribution in [3.8, 4) is 0 Å². The van der Waals surface area contributed by atoms with Crippen molar-refractivity contribution >= 4 is 11.6 Å². The molecular formula is C12H19ClO. The largest absolute Gasteiger partial charge is 0.385 e. The normalized spacial score (nSPS) is 9.14. The van der Waals surface area contributed by atoms with Gasteiger partial charge in [-0.25, -0.2) is 0 Å². The van der Waals surface area contributed by atoms with Gasteiger partial charge < -0.3 is 4.74 Å². The number of hydrogen-bond donors (Lipinski definition) is 0. The maximum absolute atomic E-state index is 5.75. The molecular weight excluding hydrogens is 196 g/mol. The van der Waals surface area contributed by atoms with Crippen LogP contribution in [-0.4, -0.2) is 13.7 Å². The molecule has 0 fully saturated rings. The van der Waals surface area contributed by atoms with Gasteiger partial charge in [0, 0.05) is 18.7 Å². The van der Waals surface area contributed by atoms with Gasteiger partial charge in [-0.2, -0.15) is 0 Å². The minimum atomic E-state index is 0.797. The zero-order chi connectivity index (χ0) is 10.8. The van der Waals surface area contributed by atoms with E-state index in [1.54, 1.807) is 7.11 Å². The van der Waals surface area contributed by atoms with Crippen molar-refractivity contribution < 1.29 is 4.74 Å². The number of ether oxygens (including phenoxy) is 1. The van der Waals surface area contributed by atoms with Crippen LogP contribution in [0.3, 0.4) is 0 Å². The lowest BCUT2D eigenvalue weighted by molar-refractivity contribution is 0.195. The van der Waals surface area contributed by atoms with Gasteiger partial charge in [-0.05, 0) is 30.5 Å². The third-order valence-corrected chi connectivity index (χ3v) is 1.98. The fourth-order valence-corrected chi connectivity index (χ4v) is 1.20. The van der Waals surface area contributed by atoms with Crippen LogP contribution < -0.4 is 0 Å². The van der Waals surface area contributed by atoms with E-state index >= 15 is 0 Å². The van der Waals surface area contributed by atoms with Crippen LogP contribution in [-0.2, 0) is 11.2 Å². The number of rotatable bonds is 4. The van der Waals surface area contributed by atoms with Crippen LogP contribution in [0, 0.1) is 0 Å². The second-order valence-corrected chi connectivity index (χ2v) is 3.16.